The summed E-state index contributed by atoms with van der Waals surface area (Å²) in [5.74, 6) is 0. The van der Waals surface area contributed by atoms with Crippen molar-refractivity contribution < 1.29 is 0 Å². The van der Waals surface area contributed by atoms with E-state index in [2.05, 4.69) is 62.2 Å². The van der Waals surface area contributed by atoms with E-state index in [1.165, 1.54) is 0 Å². The normalized spacial score (nSPS) is 11.2. The van der Waals surface area contributed by atoms with Crippen molar-refractivity contribution in [2.45, 2.75) is 26.7 Å². The average Bonchev–Trinajstić information content (AvgIpc) is 2.95. The monoisotopic (exact) mass is 365 g/mol. The molecular weight excluding hydrogens is 346 g/mol. The molecule has 0 spiro atoms. The molecule has 1 aromatic carbocycles. The first-order valence-corrected chi connectivity index (χ1v) is 8.90. The number of aliphatic imine (C=N–C) groups is 1. The maximum Gasteiger partial charge on any atom is 0.211 e. The Morgan fingerprint density at radius 1 is 1.19 bits per heavy atom. The van der Waals surface area contributed by atoms with Crippen LogP contribution in [0.3, 0.4) is 0 Å². The number of benzene rings is 1. The molecule has 2 aromatic rings. The van der Waals surface area contributed by atoms with Gasteiger partial charge >= 0.3 is 0 Å². The lowest BCUT2D eigenvalue weighted by Gasteiger charge is -2.16. The van der Waals surface area contributed by atoms with E-state index in [4.69, 9.17) is 0 Å². The summed E-state index contributed by atoms with van der Waals surface area (Å²) in [5.41, 5.74) is 2.10. The number of nitrogens with zero attached hydrogens (tertiary/aromatic N) is 3. The summed E-state index contributed by atoms with van der Waals surface area (Å²) in [6.07, 6.45) is 4.19. The third kappa shape index (κ3) is 4.93. The van der Waals surface area contributed by atoms with Crippen LogP contribution in [0.15, 0.2) is 39.1 Å². The zero-order valence-corrected chi connectivity index (χ0v) is 14.8. The van der Waals surface area contributed by atoms with E-state index < -0.39 is 0 Å². The Morgan fingerprint density at radius 2 is 1.86 bits per heavy atom. The van der Waals surface area contributed by atoms with E-state index in [1.807, 2.05) is 18.5 Å². The smallest absolute Gasteiger partial charge is 0.211 e. The van der Waals surface area contributed by atoms with Crippen LogP contribution in [0.4, 0.5) is 5.13 Å². The van der Waals surface area contributed by atoms with Gasteiger partial charge in [0.15, 0.2) is 0 Å². The summed E-state index contributed by atoms with van der Waals surface area (Å²) in [5, 5.41) is 2.87. The van der Waals surface area contributed by atoms with Gasteiger partial charge in [-0.15, -0.1) is 11.3 Å². The molecule has 0 unspecified atom stereocenters. The molecule has 0 bridgehead atoms. The molecule has 0 amide bonds. The fraction of sp³-hybridized carbons (Fsp3) is 0.375. The van der Waals surface area contributed by atoms with Crippen LogP contribution in [0.25, 0.3) is 11.3 Å². The molecule has 2 rings (SSSR count). The molecule has 5 heteroatoms. The second-order valence-corrected chi connectivity index (χ2v) is 6.55. The SMILES string of the molecule is CCCN(/C=N/c1nc(-c2ccc(Br)cc2)cs1)CCC. The van der Waals surface area contributed by atoms with E-state index in [1.54, 1.807) is 11.3 Å². The first kappa shape index (κ1) is 16.2. The molecule has 0 atom stereocenters. The van der Waals surface area contributed by atoms with E-state index in [-0.39, 0.29) is 0 Å². The Balaban J connectivity index is 2.07. The van der Waals surface area contributed by atoms with Crippen LogP contribution < -0.4 is 0 Å². The van der Waals surface area contributed by atoms with Crippen molar-refractivity contribution in [1.82, 2.24) is 9.88 Å². The van der Waals surface area contributed by atoms with Crippen LogP contribution in [0, 0.1) is 0 Å². The van der Waals surface area contributed by atoms with Gasteiger partial charge in [-0.1, -0.05) is 41.9 Å². The molecule has 0 aliphatic carbocycles. The maximum absolute atomic E-state index is 4.58. The van der Waals surface area contributed by atoms with Crippen molar-refractivity contribution in [3.05, 3.63) is 34.1 Å². The van der Waals surface area contributed by atoms with Crippen molar-refractivity contribution in [3.63, 3.8) is 0 Å². The fourth-order valence-electron chi connectivity index (χ4n) is 2.01. The van der Waals surface area contributed by atoms with E-state index in [0.29, 0.717) is 0 Å². The number of hydrogen-bond acceptors (Lipinski definition) is 3. The van der Waals surface area contributed by atoms with Crippen molar-refractivity contribution >= 4 is 38.7 Å². The second kappa shape index (κ2) is 8.29. The molecule has 0 aliphatic rings. The molecular formula is C16H20BrN3S. The first-order valence-electron chi connectivity index (χ1n) is 7.22. The third-order valence-corrected chi connectivity index (χ3v) is 4.26. The number of thiazole rings is 1. The zero-order valence-electron chi connectivity index (χ0n) is 12.4. The predicted molar refractivity (Wildman–Crippen MR) is 95.6 cm³/mol. The zero-order chi connectivity index (χ0) is 15.1. The summed E-state index contributed by atoms with van der Waals surface area (Å²) in [6.45, 7) is 6.46. The minimum Gasteiger partial charge on any atom is -0.363 e. The number of hydrogen-bond donors (Lipinski definition) is 0. The van der Waals surface area contributed by atoms with E-state index in [0.717, 1.165) is 46.8 Å². The predicted octanol–water partition coefficient (Wildman–Crippen LogP) is 5.35. The van der Waals surface area contributed by atoms with Gasteiger partial charge in [-0.2, -0.15) is 0 Å². The van der Waals surface area contributed by atoms with Crippen LogP contribution >= 0.6 is 27.3 Å². The van der Waals surface area contributed by atoms with Crippen LogP contribution in [-0.2, 0) is 0 Å². The van der Waals surface area contributed by atoms with Gasteiger partial charge in [0.25, 0.3) is 0 Å². The lowest BCUT2D eigenvalue weighted by molar-refractivity contribution is 0.428. The van der Waals surface area contributed by atoms with Gasteiger partial charge in [-0.05, 0) is 25.0 Å². The fourth-order valence-corrected chi connectivity index (χ4v) is 2.94. The largest absolute Gasteiger partial charge is 0.363 e. The summed E-state index contributed by atoms with van der Waals surface area (Å²) in [6, 6.07) is 8.18. The van der Waals surface area contributed by atoms with Crippen molar-refractivity contribution in [2.75, 3.05) is 13.1 Å². The molecule has 0 saturated carbocycles. The topological polar surface area (TPSA) is 28.5 Å². The summed E-state index contributed by atoms with van der Waals surface area (Å²) < 4.78 is 1.08. The molecule has 0 fully saturated rings. The van der Waals surface area contributed by atoms with Gasteiger partial charge < -0.3 is 4.90 Å². The second-order valence-electron chi connectivity index (χ2n) is 4.80. The minimum atomic E-state index is 0.810. The lowest BCUT2D eigenvalue weighted by Crippen LogP contribution is -2.23. The molecule has 1 aromatic heterocycles. The molecule has 0 radical (unpaired) electrons. The lowest BCUT2D eigenvalue weighted by atomic mass is 10.2. The molecule has 0 aliphatic heterocycles. The summed E-state index contributed by atoms with van der Waals surface area (Å²) in [4.78, 5) is 11.3. The first-order chi connectivity index (χ1) is 10.2. The Bertz CT molecular complexity index is 571. The van der Waals surface area contributed by atoms with Crippen LogP contribution in [0.2, 0.25) is 0 Å². The average molecular weight is 366 g/mol. The summed E-state index contributed by atoms with van der Waals surface area (Å²) >= 11 is 5.03. The Hall–Kier alpha value is -1.20. The Labute approximate surface area is 138 Å². The van der Waals surface area contributed by atoms with Gasteiger partial charge in [0.2, 0.25) is 5.13 Å². The molecule has 0 N–H and O–H groups in total. The van der Waals surface area contributed by atoms with Crippen molar-refractivity contribution in [1.29, 1.82) is 0 Å². The maximum atomic E-state index is 4.58. The van der Waals surface area contributed by atoms with E-state index >= 15 is 0 Å². The standard InChI is InChI=1S/C16H20BrN3S/c1-3-9-20(10-4-2)12-18-16-19-15(11-21-16)13-5-7-14(17)8-6-13/h5-8,11-12H,3-4,9-10H2,1-2H3/b18-12+. The molecule has 21 heavy (non-hydrogen) atoms. The van der Waals surface area contributed by atoms with Gasteiger partial charge in [0.05, 0.1) is 12.0 Å². The number of rotatable bonds is 7. The molecule has 1 heterocycles. The van der Waals surface area contributed by atoms with E-state index in [9.17, 15) is 0 Å². The highest BCUT2D eigenvalue weighted by Gasteiger charge is 2.04. The van der Waals surface area contributed by atoms with Gasteiger partial charge in [0, 0.05) is 28.5 Å². The van der Waals surface area contributed by atoms with Gasteiger partial charge in [-0.25, -0.2) is 9.98 Å². The van der Waals surface area contributed by atoms with Crippen LogP contribution in [0.5, 0.6) is 0 Å². The Kier molecular flexibility index (Phi) is 6.39. The highest BCUT2D eigenvalue weighted by Crippen LogP contribution is 2.27. The number of aromatic nitrogens is 1. The molecule has 112 valence electrons. The third-order valence-electron chi connectivity index (χ3n) is 2.99. The quantitative estimate of drug-likeness (QED) is 0.488. The highest BCUT2D eigenvalue weighted by molar-refractivity contribution is 9.10. The van der Waals surface area contributed by atoms with Crippen LogP contribution in [0.1, 0.15) is 26.7 Å². The highest BCUT2D eigenvalue weighted by atomic mass is 79.9. The Morgan fingerprint density at radius 3 is 2.48 bits per heavy atom. The molecule has 0 saturated heterocycles. The minimum absolute atomic E-state index is 0.810. The van der Waals surface area contributed by atoms with Gasteiger partial charge in [-0.3, -0.25) is 0 Å². The van der Waals surface area contributed by atoms with Gasteiger partial charge in [0.1, 0.15) is 0 Å². The number of halogens is 1. The van der Waals surface area contributed by atoms with Crippen LogP contribution in [-0.4, -0.2) is 29.3 Å². The summed E-state index contributed by atoms with van der Waals surface area (Å²) in [7, 11) is 0. The van der Waals surface area contributed by atoms with Crippen molar-refractivity contribution in [2.24, 2.45) is 4.99 Å². The molecule has 3 nitrogen and oxygen atoms in total. The van der Waals surface area contributed by atoms with Crippen molar-refractivity contribution in [3.8, 4) is 11.3 Å².